The van der Waals surface area contributed by atoms with Crippen LogP contribution in [0.25, 0.3) is 5.57 Å². The smallest absolute Gasteiger partial charge is 0.229 e. The molecule has 0 amide bonds. The summed E-state index contributed by atoms with van der Waals surface area (Å²) >= 11 is 0. The van der Waals surface area contributed by atoms with Crippen LogP contribution >= 0.6 is 0 Å². The first-order valence-corrected chi connectivity index (χ1v) is 8.08. The summed E-state index contributed by atoms with van der Waals surface area (Å²) in [6.07, 6.45) is 2.42. The van der Waals surface area contributed by atoms with Gasteiger partial charge in [-0.05, 0) is 23.4 Å². The minimum atomic E-state index is -3.46. The Morgan fingerprint density at radius 2 is 2.26 bits per heavy atom. The molecule has 0 saturated heterocycles. The molecule has 0 aliphatic rings. The van der Waals surface area contributed by atoms with Crippen LogP contribution in [-0.4, -0.2) is 42.4 Å². The third kappa shape index (κ3) is 4.42. The monoisotopic (exact) mass is 335 g/mol. The van der Waals surface area contributed by atoms with Crippen molar-refractivity contribution in [3.63, 3.8) is 0 Å². The summed E-state index contributed by atoms with van der Waals surface area (Å²) in [5.41, 5.74) is 0.965. The fraction of sp³-hybridized carbons (Fsp3) is 0.167. The number of rotatable bonds is 6. The zero-order valence-electron chi connectivity index (χ0n) is 12.2. The van der Waals surface area contributed by atoms with E-state index in [0.29, 0.717) is 11.4 Å². The van der Waals surface area contributed by atoms with Gasteiger partial charge in [0.2, 0.25) is 15.8 Å². The maximum Gasteiger partial charge on any atom is 0.229 e. The van der Waals surface area contributed by atoms with Crippen LogP contribution in [0.4, 0.5) is 11.4 Å². The lowest BCUT2D eigenvalue weighted by atomic mass is 10.2. The molecule has 0 unspecified atom stereocenters. The van der Waals surface area contributed by atoms with Crippen molar-refractivity contribution in [2.45, 2.75) is 0 Å². The zero-order chi connectivity index (χ0) is 16.9. The number of aromatic nitrogens is 4. The number of H-pyrrole nitrogens is 1. The fourth-order valence-electron chi connectivity index (χ4n) is 1.66. The van der Waals surface area contributed by atoms with Crippen molar-refractivity contribution in [1.29, 1.82) is 5.26 Å². The second kappa shape index (κ2) is 6.75. The Morgan fingerprint density at radius 1 is 1.48 bits per heavy atom. The molecule has 0 bridgehead atoms. The van der Waals surface area contributed by atoms with E-state index < -0.39 is 10.0 Å². The van der Waals surface area contributed by atoms with Gasteiger partial charge in [0, 0.05) is 11.9 Å². The van der Waals surface area contributed by atoms with Crippen LogP contribution in [0, 0.1) is 11.3 Å². The molecule has 11 heteroatoms. The van der Waals surface area contributed by atoms with Crippen LogP contribution in [0.1, 0.15) is 5.82 Å². The molecule has 0 radical (unpaired) electrons. The normalized spacial score (nSPS) is 11.6. The number of sulfonamides is 1. The van der Waals surface area contributed by atoms with Gasteiger partial charge in [-0.3, -0.25) is 4.72 Å². The topological polar surface area (TPSA) is 146 Å². The number of ether oxygens (including phenoxy) is 1. The van der Waals surface area contributed by atoms with E-state index in [9.17, 15) is 8.42 Å². The third-order valence-electron chi connectivity index (χ3n) is 2.58. The van der Waals surface area contributed by atoms with Gasteiger partial charge < -0.3 is 10.1 Å². The number of anilines is 2. The van der Waals surface area contributed by atoms with Crippen molar-refractivity contribution in [2.75, 3.05) is 23.4 Å². The van der Waals surface area contributed by atoms with Crippen molar-refractivity contribution in [1.82, 2.24) is 20.6 Å². The van der Waals surface area contributed by atoms with E-state index in [0.717, 1.165) is 6.26 Å². The van der Waals surface area contributed by atoms with Gasteiger partial charge in [0.15, 0.2) is 0 Å². The molecule has 1 aromatic heterocycles. The van der Waals surface area contributed by atoms with Gasteiger partial charge >= 0.3 is 0 Å². The third-order valence-corrected chi connectivity index (χ3v) is 3.18. The molecular formula is C12H13N7O3S. The van der Waals surface area contributed by atoms with Gasteiger partial charge in [-0.15, -0.1) is 10.2 Å². The minimum Gasteiger partial charge on any atom is -0.495 e. The van der Waals surface area contributed by atoms with E-state index in [1.807, 2.05) is 6.07 Å². The molecule has 10 nitrogen and oxygen atoms in total. The Hall–Kier alpha value is -3.13. The highest BCUT2D eigenvalue weighted by atomic mass is 32.2. The number of nitrogens with zero attached hydrogens (tertiary/aromatic N) is 4. The maximum absolute atomic E-state index is 11.4. The molecule has 3 N–H and O–H groups in total. The first kappa shape index (κ1) is 16.2. The Kier molecular flexibility index (Phi) is 4.77. The Morgan fingerprint density at radius 3 is 2.83 bits per heavy atom. The number of hydrogen-bond acceptors (Lipinski definition) is 8. The summed E-state index contributed by atoms with van der Waals surface area (Å²) in [4.78, 5) is 0. The zero-order valence-corrected chi connectivity index (χ0v) is 13.0. The summed E-state index contributed by atoms with van der Waals surface area (Å²) in [7, 11) is -2.03. The molecule has 1 heterocycles. The predicted molar refractivity (Wildman–Crippen MR) is 82.9 cm³/mol. The van der Waals surface area contributed by atoms with Gasteiger partial charge in [-0.2, -0.15) is 10.5 Å². The summed E-state index contributed by atoms with van der Waals surface area (Å²) in [6.45, 7) is 0. The second-order valence-corrected chi connectivity index (χ2v) is 6.09. The molecule has 2 rings (SSSR count). The summed E-state index contributed by atoms with van der Waals surface area (Å²) in [5, 5.41) is 25.0. The van der Waals surface area contributed by atoms with Gasteiger partial charge in [0.05, 0.1) is 19.1 Å². The summed E-state index contributed by atoms with van der Waals surface area (Å²) < 4.78 is 30.2. The molecule has 2 aromatic rings. The fourth-order valence-corrected chi connectivity index (χ4v) is 2.21. The molecule has 23 heavy (non-hydrogen) atoms. The molecule has 0 fully saturated rings. The van der Waals surface area contributed by atoms with Crippen LogP contribution in [0.2, 0.25) is 0 Å². The molecule has 120 valence electrons. The highest BCUT2D eigenvalue weighted by molar-refractivity contribution is 7.92. The number of aromatic amines is 1. The predicted octanol–water partition coefficient (Wildman–Crippen LogP) is 0.556. The number of nitriles is 1. The van der Waals surface area contributed by atoms with Gasteiger partial charge in [0.1, 0.15) is 17.4 Å². The van der Waals surface area contributed by atoms with Crippen LogP contribution in [0.3, 0.4) is 0 Å². The Balaban J connectivity index is 2.27. The van der Waals surface area contributed by atoms with Crippen molar-refractivity contribution in [3.8, 4) is 11.8 Å². The second-order valence-electron chi connectivity index (χ2n) is 4.34. The molecular weight excluding hydrogens is 322 g/mol. The number of nitrogens with one attached hydrogen (secondary N) is 3. The van der Waals surface area contributed by atoms with E-state index in [4.69, 9.17) is 10.00 Å². The number of methoxy groups -OCH3 is 1. The summed E-state index contributed by atoms with van der Waals surface area (Å²) in [6, 6.07) is 6.71. The first-order valence-electron chi connectivity index (χ1n) is 6.19. The lowest BCUT2D eigenvalue weighted by Crippen LogP contribution is -2.10. The maximum atomic E-state index is 11.4. The van der Waals surface area contributed by atoms with Crippen molar-refractivity contribution < 1.29 is 13.2 Å². The molecule has 0 aliphatic carbocycles. The van der Waals surface area contributed by atoms with Crippen molar-refractivity contribution in [3.05, 3.63) is 30.2 Å². The molecule has 0 atom stereocenters. The van der Waals surface area contributed by atoms with E-state index in [2.05, 4.69) is 30.7 Å². The van der Waals surface area contributed by atoms with Crippen molar-refractivity contribution in [2.24, 2.45) is 0 Å². The SMILES string of the molecule is COc1ccc(NC=C(C#N)c2nn[nH]n2)cc1NS(C)(=O)=O. The van der Waals surface area contributed by atoms with Gasteiger partial charge in [-0.1, -0.05) is 0 Å². The lowest BCUT2D eigenvalue weighted by molar-refractivity contribution is 0.417. The number of benzene rings is 1. The average Bonchev–Trinajstić information content (AvgIpc) is 3.01. The Bertz CT molecular complexity index is 853. The van der Waals surface area contributed by atoms with Crippen LogP contribution in [0.5, 0.6) is 5.75 Å². The largest absolute Gasteiger partial charge is 0.495 e. The molecule has 0 spiro atoms. The molecule has 0 aliphatic heterocycles. The summed E-state index contributed by atoms with van der Waals surface area (Å²) in [5.74, 6) is 0.506. The highest BCUT2D eigenvalue weighted by Crippen LogP contribution is 2.28. The van der Waals surface area contributed by atoms with E-state index >= 15 is 0 Å². The quantitative estimate of drug-likeness (QED) is 0.649. The van der Waals surface area contributed by atoms with Gasteiger partial charge in [0.25, 0.3) is 0 Å². The number of hydrogen-bond donors (Lipinski definition) is 3. The Labute approximate surface area is 132 Å². The minimum absolute atomic E-state index is 0.142. The number of tetrazole rings is 1. The first-order chi connectivity index (χ1) is 10.9. The van der Waals surface area contributed by atoms with E-state index in [1.54, 1.807) is 12.1 Å². The average molecular weight is 335 g/mol. The van der Waals surface area contributed by atoms with Crippen LogP contribution in [0.15, 0.2) is 24.4 Å². The molecule has 0 saturated carbocycles. The number of allylic oxidation sites excluding steroid dienone is 1. The highest BCUT2D eigenvalue weighted by Gasteiger charge is 2.10. The van der Waals surface area contributed by atoms with Crippen molar-refractivity contribution >= 4 is 27.0 Å². The van der Waals surface area contributed by atoms with E-state index in [1.165, 1.54) is 19.4 Å². The van der Waals surface area contributed by atoms with Crippen LogP contribution in [-0.2, 0) is 10.0 Å². The van der Waals surface area contributed by atoms with E-state index in [-0.39, 0.29) is 17.1 Å². The van der Waals surface area contributed by atoms with Crippen LogP contribution < -0.4 is 14.8 Å². The molecule has 1 aromatic carbocycles. The van der Waals surface area contributed by atoms with Gasteiger partial charge in [-0.25, -0.2) is 8.42 Å². The standard InChI is InChI=1S/C12H13N7O3S/c1-22-11-4-3-9(5-10(11)17-23(2,20)21)14-7-8(6-13)12-15-18-19-16-12/h3-5,7,14,17H,1-2H3,(H,15,16,18,19). The lowest BCUT2D eigenvalue weighted by Gasteiger charge is -2.11.